The van der Waals surface area contributed by atoms with E-state index in [4.69, 9.17) is 18.8 Å². The molecule has 0 aromatic rings. The van der Waals surface area contributed by atoms with E-state index in [1.807, 2.05) is 0 Å². The largest absolute Gasteiger partial charge is 0.397 e. The van der Waals surface area contributed by atoms with Gasteiger partial charge in [-0.3, -0.25) is 4.55 Å². The van der Waals surface area contributed by atoms with E-state index in [1.165, 1.54) is 13.8 Å². The first-order valence-electron chi connectivity index (χ1n) is 7.44. The van der Waals surface area contributed by atoms with Crippen molar-refractivity contribution >= 4 is 10.4 Å². The molecule has 2 fully saturated rings. The zero-order valence-corrected chi connectivity index (χ0v) is 14.1. The monoisotopic (exact) mass is 390 g/mol. The Bertz CT molecular complexity index is 554. The Morgan fingerprint density at radius 3 is 1.92 bits per heavy atom. The van der Waals surface area contributed by atoms with Crippen LogP contribution in [-0.2, 0) is 28.8 Å². The quantitative estimate of drug-likeness (QED) is 0.260. The van der Waals surface area contributed by atoms with Crippen LogP contribution in [0.2, 0.25) is 0 Å². The number of hydrogen-bond acceptors (Lipinski definition) is 11. The predicted octanol–water partition coefficient (Wildman–Crippen LogP) is -3.51. The molecule has 0 unspecified atom stereocenters. The van der Waals surface area contributed by atoms with Gasteiger partial charge in [0.05, 0.1) is 12.2 Å². The van der Waals surface area contributed by atoms with Crippen molar-refractivity contribution in [3.05, 3.63) is 0 Å². The number of rotatable bonds is 4. The van der Waals surface area contributed by atoms with Crippen molar-refractivity contribution < 1.29 is 56.9 Å². The predicted molar refractivity (Wildman–Crippen MR) is 76.2 cm³/mol. The maximum Gasteiger partial charge on any atom is 0.397 e. The molecule has 0 amide bonds. The normalized spacial score (nSPS) is 49.1. The third kappa shape index (κ3) is 4.64. The number of ether oxygens (including phenoxy) is 3. The summed E-state index contributed by atoms with van der Waals surface area (Å²) in [6, 6.07) is 0. The maximum atomic E-state index is 11.0. The van der Waals surface area contributed by atoms with Gasteiger partial charge in [0.25, 0.3) is 0 Å². The van der Waals surface area contributed by atoms with Crippen LogP contribution in [0.1, 0.15) is 13.8 Å². The average molecular weight is 390 g/mol. The first kappa shape index (κ1) is 20.9. The first-order valence-corrected chi connectivity index (χ1v) is 8.81. The van der Waals surface area contributed by atoms with Crippen LogP contribution in [0.5, 0.6) is 0 Å². The summed E-state index contributed by atoms with van der Waals surface area (Å²) >= 11 is 0. The minimum atomic E-state index is -5.02. The summed E-state index contributed by atoms with van der Waals surface area (Å²) in [5.41, 5.74) is 0. The fraction of sp³-hybridized carbons (Fsp3) is 1.00. The summed E-state index contributed by atoms with van der Waals surface area (Å²) in [4.78, 5) is 0. The molecule has 25 heavy (non-hydrogen) atoms. The Hall–Kier alpha value is -0.450. The van der Waals surface area contributed by atoms with Gasteiger partial charge in [-0.25, -0.2) is 4.18 Å². The highest BCUT2D eigenvalue weighted by molar-refractivity contribution is 7.80. The molecule has 2 heterocycles. The summed E-state index contributed by atoms with van der Waals surface area (Å²) < 4.78 is 50.6. The molecule has 6 N–H and O–H groups in total. The van der Waals surface area contributed by atoms with Gasteiger partial charge in [0.2, 0.25) is 0 Å². The van der Waals surface area contributed by atoms with Crippen molar-refractivity contribution in [3.8, 4) is 0 Å². The molecule has 12 nitrogen and oxygen atoms in total. The standard InChI is InChI=1S/C12H22O12S/c1-3-5(13)7(15)8(16)12(22-3)23-10-9(24-25(18,19)20)6(14)4(2)21-11(10)17/h3-17H,1-2H3,(H,18,19,20)/t3-,4-,5+,6+,7+,8-,9+,10-,11+,12-/m0/s1. The Balaban J connectivity index is 2.21. The lowest BCUT2D eigenvalue weighted by Gasteiger charge is -2.45. The Kier molecular flexibility index (Phi) is 6.39. The SMILES string of the molecule is C[C@@H]1O[C@@H](O[C@H]2[C@H](OS(=O)(=O)O)[C@H](O)[C@H](C)O[C@H]2O)[C@@H](O)[C@H](O)[C@@H]1O. The lowest BCUT2D eigenvalue weighted by atomic mass is 9.98. The molecule has 0 aromatic carbocycles. The van der Waals surface area contributed by atoms with E-state index in [0.717, 1.165) is 0 Å². The molecule has 10 atom stereocenters. The number of hydrogen-bond donors (Lipinski definition) is 6. The molecule has 0 saturated carbocycles. The van der Waals surface area contributed by atoms with Crippen LogP contribution in [-0.4, -0.2) is 99.9 Å². The van der Waals surface area contributed by atoms with Crippen LogP contribution < -0.4 is 0 Å². The third-order valence-corrected chi connectivity index (χ3v) is 4.57. The van der Waals surface area contributed by atoms with Gasteiger partial charge < -0.3 is 39.7 Å². The molecule has 2 aliphatic rings. The van der Waals surface area contributed by atoms with Gasteiger partial charge >= 0.3 is 10.4 Å². The van der Waals surface area contributed by atoms with E-state index in [0.29, 0.717) is 0 Å². The highest BCUT2D eigenvalue weighted by Crippen LogP contribution is 2.30. The van der Waals surface area contributed by atoms with Gasteiger partial charge in [0, 0.05) is 0 Å². The van der Waals surface area contributed by atoms with Crippen molar-refractivity contribution in [2.24, 2.45) is 0 Å². The minimum absolute atomic E-state index is 0.963. The molecular weight excluding hydrogens is 368 g/mol. The van der Waals surface area contributed by atoms with Crippen LogP contribution >= 0.6 is 0 Å². The molecule has 148 valence electrons. The maximum absolute atomic E-state index is 11.0. The Labute approximate surface area is 143 Å². The molecule has 2 aliphatic heterocycles. The molecule has 0 radical (unpaired) electrons. The Morgan fingerprint density at radius 2 is 1.36 bits per heavy atom. The van der Waals surface area contributed by atoms with Crippen LogP contribution in [0.15, 0.2) is 0 Å². The number of aliphatic hydroxyl groups is 5. The van der Waals surface area contributed by atoms with Crippen molar-refractivity contribution in [1.29, 1.82) is 0 Å². The Morgan fingerprint density at radius 1 is 0.800 bits per heavy atom. The molecule has 0 spiro atoms. The zero-order valence-electron chi connectivity index (χ0n) is 13.3. The smallest absolute Gasteiger partial charge is 0.388 e. The topological polar surface area (TPSA) is 192 Å². The summed E-state index contributed by atoms with van der Waals surface area (Å²) in [5, 5.41) is 49.3. The van der Waals surface area contributed by atoms with Crippen molar-refractivity contribution in [1.82, 2.24) is 0 Å². The first-order chi connectivity index (χ1) is 11.4. The van der Waals surface area contributed by atoms with E-state index in [1.54, 1.807) is 0 Å². The fourth-order valence-electron chi connectivity index (χ4n) is 2.68. The second-order valence-corrected chi connectivity index (χ2v) is 7.04. The average Bonchev–Trinajstić information content (AvgIpc) is 2.50. The fourth-order valence-corrected chi connectivity index (χ4v) is 3.18. The van der Waals surface area contributed by atoms with Crippen molar-refractivity contribution in [2.75, 3.05) is 0 Å². The minimum Gasteiger partial charge on any atom is -0.388 e. The van der Waals surface area contributed by atoms with E-state index >= 15 is 0 Å². The van der Waals surface area contributed by atoms with Crippen LogP contribution in [0.3, 0.4) is 0 Å². The van der Waals surface area contributed by atoms with E-state index in [-0.39, 0.29) is 0 Å². The van der Waals surface area contributed by atoms with Crippen LogP contribution in [0, 0.1) is 0 Å². The lowest BCUT2D eigenvalue weighted by molar-refractivity contribution is -0.353. The zero-order chi connectivity index (χ0) is 19.1. The van der Waals surface area contributed by atoms with Gasteiger partial charge in [-0.1, -0.05) is 0 Å². The summed E-state index contributed by atoms with van der Waals surface area (Å²) in [5.74, 6) is 0. The van der Waals surface area contributed by atoms with E-state index < -0.39 is 71.8 Å². The van der Waals surface area contributed by atoms with Gasteiger partial charge in [0.1, 0.15) is 36.6 Å². The molecule has 0 aliphatic carbocycles. The van der Waals surface area contributed by atoms with Gasteiger partial charge in [-0.2, -0.15) is 8.42 Å². The van der Waals surface area contributed by atoms with Gasteiger partial charge in [-0.05, 0) is 13.8 Å². The summed E-state index contributed by atoms with van der Waals surface area (Å²) in [6.07, 6.45) is -15.3. The van der Waals surface area contributed by atoms with Crippen LogP contribution in [0.25, 0.3) is 0 Å². The molecule has 0 aromatic heterocycles. The van der Waals surface area contributed by atoms with Crippen molar-refractivity contribution in [2.45, 2.75) is 75.3 Å². The molecule has 2 saturated heterocycles. The van der Waals surface area contributed by atoms with E-state index in [9.17, 15) is 34.0 Å². The molecular formula is C12H22O12S. The summed E-state index contributed by atoms with van der Waals surface area (Å²) in [6.45, 7) is 2.70. The van der Waals surface area contributed by atoms with E-state index in [2.05, 4.69) is 4.18 Å². The summed E-state index contributed by atoms with van der Waals surface area (Å²) in [7, 11) is -5.02. The second-order valence-electron chi connectivity index (χ2n) is 5.99. The number of aliphatic hydroxyl groups excluding tert-OH is 5. The lowest BCUT2D eigenvalue weighted by Crippen LogP contribution is -2.63. The third-order valence-electron chi connectivity index (χ3n) is 4.11. The van der Waals surface area contributed by atoms with Gasteiger partial charge in [-0.15, -0.1) is 0 Å². The van der Waals surface area contributed by atoms with Gasteiger partial charge in [0.15, 0.2) is 12.6 Å². The molecule has 0 bridgehead atoms. The van der Waals surface area contributed by atoms with Crippen LogP contribution in [0.4, 0.5) is 0 Å². The second kappa shape index (κ2) is 7.66. The molecule has 13 heteroatoms. The van der Waals surface area contributed by atoms with Crippen molar-refractivity contribution in [3.63, 3.8) is 0 Å². The highest BCUT2D eigenvalue weighted by Gasteiger charge is 2.50. The molecule has 2 rings (SSSR count). The highest BCUT2D eigenvalue weighted by atomic mass is 32.3.